The first-order valence-electron chi connectivity index (χ1n) is 6.44. The lowest BCUT2D eigenvalue weighted by Gasteiger charge is -2.06. The molecular weight excluding hydrogens is 456 g/mol. The quantitative estimate of drug-likeness (QED) is 0.161. The topological polar surface area (TPSA) is 210 Å². The molecule has 2 aromatic rings. The Morgan fingerprint density at radius 1 is 0.962 bits per heavy atom. The Labute approximate surface area is 155 Å². The Bertz CT molecular complexity index is 927. The molecule has 14 heteroatoms. The number of hydrogen-bond acceptors (Lipinski definition) is 6. The Kier molecular flexibility index (Phi) is 7.09. The van der Waals surface area contributed by atoms with Crippen LogP contribution >= 0.6 is 31.1 Å². The van der Waals surface area contributed by atoms with Gasteiger partial charge in [0.05, 0.1) is 15.5 Å². The molecule has 0 aliphatic carbocycles. The third kappa shape index (κ3) is 6.19. The van der Waals surface area contributed by atoms with Crippen LogP contribution in [0, 0.1) is 10.1 Å². The molecule has 0 amide bonds. The van der Waals surface area contributed by atoms with Gasteiger partial charge in [-0.15, -0.1) is 0 Å². The van der Waals surface area contributed by atoms with Gasteiger partial charge in [0, 0.05) is 16.2 Å². The van der Waals surface area contributed by atoms with E-state index in [1.165, 1.54) is 18.2 Å². The largest absolute Gasteiger partial charge is 0.399 e. The number of nitro benzene ring substituents is 1. The van der Waals surface area contributed by atoms with Crippen molar-refractivity contribution < 1.29 is 33.6 Å². The van der Waals surface area contributed by atoms with E-state index in [0.717, 1.165) is 18.2 Å². The van der Waals surface area contributed by atoms with Crippen molar-refractivity contribution in [2.45, 2.75) is 0 Å². The number of nitrogens with two attached hydrogens (primary N) is 2. The summed E-state index contributed by atoms with van der Waals surface area (Å²) in [4.78, 5) is 44.6. The molecule has 0 radical (unpaired) electrons. The van der Waals surface area contributed by atoms with Gasteiger partial charge in [0.1, 0.15) is 5.69 Å². The number of nitrogens with zero attached hydrogens (tertiary/aromatic N) is 1. The summed E-state index contributed by atoms with van der Waals surface area (Å²) in [6.07, 6.45) is 0. The lowest BCUT2D eigenvalue weighted by Crippen LogP contribution is -2.06. The maximum Gasteiger partial charge on any atom is 0.357 e. The third-order valence-electron chi connectivity index (χ3n) is 2.83. The van der Waals surface area contributed by atoms with Crippen molar-refractivity contribution in [3.63, 3.8) is 0 Å². The van der Waals surface area contributed by atoms with Crippen LogP contribution in [-0.2, 0) is 9.13 Å². The first-order valence-corrected chi connectivity index (χ1v) is 10.5. The van der Waals surface area contributed by atoms with Crippen molar-refractivity contribution >= 4 is 58.8 Å². The second kappa shape index (κ2) is 8.28. The van der Waals surface area contributed by atoms with E-state index < -0.39 is 31.1 Å². The van der Waals surface area contributed by atoms with Gasteiger partial charge in [0.2, 0.25) is 0 Å². The second-order valence-corrected chi connectivity index (χ2v) is 8.83. The van der Waals surface area contributed by atoms with Gasteiger partial charge in [-0.05, 0) is 46.3 Å². The molecule has 2 rings (SSSR count). The van der Waals surface area contributed by atoms with E-state index in [2.05, 4.69) is 15.9 Å². The monoisotopic (exact) mass is 469 g/mol. The number of rotatable bonds is 3. The van der Waals surface area contributed by atoms with Crippen molar-refractivity contribution in [2.75, 3.05) is 11.5 Å². The summed E-state index contributed by atoms with van der Waals surface area (Å²) < 4.78 is 21.9. The zero-order valence-electron chi connectivity index (χ0n) is 12.8. The minimum Gasteiger partial charge on any atom is -0.399 e. The van der Waals surface area contributed by atoms with Crippen LogP contribution in [-0.4, -0.2) is 24.5 Å². The van der Waals surface area contributed by atoms with E-state index in [0.29, 0.717) is 10.2 Å². The molecule has 0 heterocycles. The highest BCUT2D eigenvalue weighted by Crippen LogP contribution is 2.37. The van der Waals surface area contributed by atoms with Gasteiger partial charge in [-0.2, -0.15) is 0 Å². The maximum absolute atomic E-state index is 10.8. The van der Waals surface area contributed by atoms with Gasteiger partial charge in [-0.1, -0.05) is 0 Å². The van der Waals surface area contributed by atoms with Gasteiger partial charge in [0.15, 0.2) is 0 Å². The highest BCUT2D eigenvalue weighted by Gasteiger charge is 2.22. The molecule has 0 saturated heterocycles. The number of nitrogen functional groups attached to an aromatic ring is 2. The summed E-state index contributed by atoms with van der Waals surface area (Å²) in [6.45, 7) is 0. The smallest absolute Gasteiger partial charge is 0.357 e. The number of nitro groups is 1. The number of benzene rings is 2. The van der Waals surface area contributed by atoms with Crippen LogP contribution in [0.5, 0.6) is 0 Å². The molecule has 0 aromatic heterocycles. The molecule has 0 atom stereocenters. The minimum atomic E-state index is -4.46. The van der Waals surface area contributed by atoms with Crippen LogP contribution in [0.15, 0.2) is 40.9 Å². The molecule has 142 valence electrons. The van der Waals surface area contributed by atoms with Crippen LogP contribution in [0.2, 0.25) is 0 Å². The fraction of sp³-hybridized carbons (Fsp3) is 0. The van der Waals surface area contributed by atoms with E-state index in [1.807, 2.05) is 0 Å². The normalized spacial score (nSPS) is 11.4. The van der Waals surface area contributed by atoms with E-state index in [1.54, 1.807) is 0 Å². The lowest BCUT2D eigenvalue weighted by molar-refractivity contribution is -0.383. The average molecular weight is 470 g/mol. The molecule has 0 saturated carbocycles. The lowest BCUT2D eigenvalue weighted by atomic mass is 10.3. The molecule has 0 bridgehead atoms. The first-order chi connectivity index (χ1) is 11.7. The molecule has 26 heavy (non-hydrogen) atoms. The summed E-state index contributed by atoms with van der Waals surface area (Å²) in [6, 6.07) is 7.12. The molecule has 0 unspecified atom stereocenters. The molecule has 11 nitrogen and oxygen atoms in total. The standard InChI is InChI=1S/C6H7BrNO3P.C6H7N2O5P/c7-5-3-4(8)1-2-6(5)12(9,10)11;7-5-2-1-4(14(11,12)13)3-6(5)8(9)10/h1-3H,8H2,(H2,9,10,11);1-3H,7H2,(H2,11,12,13). The van der Waals surface area contributed by atoms with E-state index in [4.69, 9.17) is 31.0 Å². The predicted molar refractivity (Wildman–Crippen MR) is 99.4 cm³/mol. The van der Waals surface area contributed by atoms with Gasteiger partial charge >= 0.3 is 15.2 Å². The summed E-state index contributed by atoms with van der Waals surface area (Å²) >= 11 is 3.01. The average Bonchev–Trinajstić information content (AvgIpc) is 2.45. The zero-order valence-corrected chi connectivity index (χ0v) is 16.1. The number of anilines is 2. The Balaban J connectivity index is 0.000000263. The van der Waals surface area contributed by atoms with Crippen LogP contribution in [0.4, 0.5) is 17.1 Å². The third-order valence-corrected chi connectivity index (χ3v) is 5.76. The Hall–Kier alpha value is -1.78. The summed E-state index contributed by atoms with van der Waals surface area (Å²) in [7, 11) is -8.64. The number of hydrogen-bond donors (Lipinski definition) is 6. The molecule has 8 N–H and O–H groups in total. The molecule has 0 fully saturated rings. The van der Waals surface area contributed by atoms with Crippen LogP contribution < -0.4 is 22.1 Å². The highest BCUT2D eigenvalue weighted by atomic mass is 79.9. The Morgan fingerprint density at radius 3 is 1.96 bits per heavy atom. The van der Waals surface area contributed by atoms with E-state index in [-0.39, 0.29) is 11.0 Å². The van der Waals surface area contributed by atoms with Crippen molar-refractivity contribution in [3.05, 3.63) is 51.0 Å². The van der Waals surface area contributed by atoms with Crippen LogP contribution in [0.3, 0.4) is 0 Å². The van der Waals surface area contributed by atoms with Crippen molar-refractivity contribution in [1.82, 2.24) is 0 Å². The van der Waals surface area contributed by atoms with Gasteiger partial charge in [0.25, 0.3) is 5.69 Å². The molecule has 2 aromatic carbocycles. The maximum atomic E-state index is 10.8. The Morgan fingerprint density at radius 2 is 1.54 bits per heavy atom. The van der Waals surface area contributed by atoms with E-state index in [9.17, 15) is 19.2 Å². The minimum absolute atomic E-state index is 0.0447. The van der Waals surface area contributed by atoms with Crippen molar-refractivity contribution in [1.29, 1.82) is 0 Å². The summed E-state index contributed by atoms with van der Waals surface area (Å²) in [5, 5.41) is 9.91. The second-order valence-electron chi connectivity index (χ2n) is 4.80. The molecule has 0 aliphatic rings. The van der Waals surface area contributed by atoms with Gasteiger partial charge in [-0.25, -0.2) is 0 Å². The summed E-state index contributed by atoms with van der Waals surface area (Å²) in [5.74, 6) is 0. The number of halogens is 1. The van der Waals surface area contributed by atoms with Crippen molar-refractivity contribution in [3.8, 4) is 0 Å². The van der Waals surface area contributed by atoms with Crippen LogP contribution in [0.1, 0.15) is 0 Å². The predicted octanol–water partition coefficient (Wildman–Crippen LogP) is 0.814. The SMILES string of the molecule is Nc1ccc(P(=O)(O)O)c(Br)c1.Nc1ccc(P(=O)(O)O)cc1[N+](=O)[O-]. The van der Waals surface area contributed by atoms with Gasteiger partial charge in [-0.3, -0.25) is 19.2 Å². The van der Waals surface area contributed by atoms with Crippen molar-refractivity contribution in [2.24, 2.45) is 0 Å². The highest BCUT2D eigenvalue weighted by molar-refractivity contribution is 9.10. The molecule has 0 spiro atoms. The van der Waals surface area contributed by atoms with Gasteiger partial charge < -0.3 is 31.0 Å². The van der Waals surface area contributed by atoms with Crippen LogP contribution in [0.25, 0.3) is 0 Å². The fourth-order valence-electron chi connectivity index (χ4n) is 1.63. The zero-order chi connectivity index (χ0) is 20.3. The van der Waals surface area contributed by atoms with E-state index >= 15 is 0 Å². The molecular formula is C12H14BrN3O8P2. The fourth-order valence-corrected chi connectivity index (χ4v) is 3.89. The first kappa shape index (κ1) is 22.3. The summed E-state index contributed by atoms with van der Waals surface area (Å²) in [5.41, 5.74) is 10.4. The molecule has 0 aliphatic heterocycles.